The molecule has 32 heavy (non-hydrogen) atoms. The molecule has 0 saturated carbocycles. The van der Waals surface area contributed by atoms with Crippen molar-refractivity contribution < 1.29 is 9.18 Å². The number of aromatic nitrogens is 4. The van der Waals surface area contributed by atoms with Crippen LogP contribution < -0.4 is 21.3 Å². The fourth-order valence-electron chi connectivity index (χ4n) is 3.64. The lowest BCUT2D eigenvalue weighted by Crippen LogP contribution is -2.39. The van der Waals surface area contributed by atoms with Gasteiger partial charge in [-0.15, -0.1) is 0 Å². The minimum absolute atomic E-state index is 0.110. The van der Waals surface area contributed by atoms with Gasteiger partial charge in [0.25, 0.3) is 0 Å². The van der Waals surface area contributed by atoms with Crippen LogP contribution in [0.4, 0.5) is 27.8 Å². The number of halogens is 1. The summed E-state index contributed by atoms with van der Waals surface area (Å²) in [6, 6.07) is 8.00. The van der Waals surface area contributed by atoms with E-state index in [2.05, 4.69) is 35.5 Å². The van der Waals surface area contributed by atoms with E-state index in [0.717, 1.165) is 11.4 Å². The van der Waals surface area contributed by atoms with Crippen LogP contribution in [0.15, 0.2) is 48.9 Å². The van der Waals surface area contributed by atoms with Crippen LogP contribution in [0.1, 0.15) is 31.4 Å². The molecule has 1 fully saturated rings. The van der Waals surface area contributed by atoms with Crippen LogP contribution in [0.5, 0.6) is 0 Å². The molecule has 0 aliphatic carbocycles. The SMILES string of the molecule is C[C@H](Nc1nc(Nc2cnccn2)cc(N2CCC(C(N)=O)CC2)n1)c1ccc(F)cc1. The lowest BCUT2D eigenvalue weighted by molar-refractivity contribution is -0.122. The number of amides is 1. The summed E-state index contributed by atoms with van der Waals surface area (Å²) in [5, 5.41) is 6.45. The van der Waals surface area contributed by atoms with Gasteiger partial charge in [-0.3, -0.25) is 9.78 Å². The average molecular weight is 436 g/mol. The van der Waals surface area contributed by atoms with Gasteiger partial charge < -0.3 is 21.3 Å². The fourth-order valence-corrected chi connectivity index (χ4v) is 3.64. The number of carbonyl (C=O) groups excluding carboxylic acids is 1. The number of carbonyl (C=O) groups is 1. The van der Waals surface area contributed by atoms with Gasteiger partial charge in [0.05, 0.1) is 12.2 Å². The van der Waals surface area contributed by atoms with E-state index in [-0.39, 0.29) is 23.7 Å². The molecule has 1 amide bonds. The highest BCUT2D eigenvalue weighted by Gasteiger charge is 2.24. The van der Waals surface area contributed by atoms with Crippen molar-refractivity contribution in [3.8, 4) is 0 Å². The first-order chi connectivity index (χ1) is 15.5. The molecule has 9 nitrogen and oxygen atoms in total. The van der Waals surface area contributed by atoms with Gasteiger partial charge in [-0.05, 0) is 37.5 Å². The molecule has 1 aromatic carbocycles. The minimum atomic E-state index is -0.283. The van der Waals surface area contributed by atoms with Gasteiger partial charge in [-0.2, -0.15) is 9.97 Å². The van der Waals surface area contributed by atoms with Gasteiger partial charge >= 0.3 is 0 Å². The highest BCUT2D eigenvalue weighted by atomic mass is 19.1. The van der Waals surface area contributed by atoms with Crippen LogP contribution in [0, 0.1) is 11.7 Å². The molecule has 3 aromatic rings. The Hall–Kier alpha value is -3.82. The molecule has 1 aliphatic heterocycles. The molecule has 4 rings (SSSR count). The molecule has 166 valence electrons. The highest BCUT2D eigenvalue weighted by Crippen LogP contribution is 2.27. The number of primary amides is 1. The molecule has 1 aliphatic rings. The van der Waals surface area contributed by atoms with Crippen LogP contribution in [0.2, 0.25) is 0 Å². The first-order valence-corrected chi connectivity index (χ1v) is 10.5. The number of nitrogens with one attached hydrogen (secondary N) is 2. The van der Waals surface area contributed by atoms with Crippen molar-refractivity contribution in [1.82, 2.24) is 19.9 Å². The van der Waals surface area contributed by atoms with Crippen LogP contribution in [-0.2, 0) is 4.79 Å². The molecule has 3 heterocycles. The average Bonchev–Trinajstić information content (AvgIpc) is 2.80. The number of nitrogens with two attached hydrogens (primary N) is 1. The number of rotatable bonds is 7. The molecule has 2 aromatic heterocycles. The largest absolute Gasteiger partial charge is 0.369 e. The monoisotopic (exact) mass is 436 g/mol. The smallest absolute Gasteiger partial charge is 0.227 e. The summed E-state index contributed by atoms with van der Waals surface area (Å²) in [5.41, 5.74) is 6.37. The minimum Gasteiger partial charge on any atom is -0.369 e. The van der Waals surface area contributed by atoms with E-state index in [4.69, 9.17) is 5.73 Å². The van der Waals surface area contributed by atoms with E-state index in [1.165, 1.54) is 12.1 Å². The Kier molecular flexibility index (Phi) is 6.39. The summed E-state index contributed by atoms with van der Waals surface area (Å²) in [7, 11) is 0. The predicted octanol–water partition coefficient (Wildman–Crippen LogP) is 3.02. The fraction of sp³-hybridized carbons (Fsp3) is 0.318. The first-order valence-electron chi connectivity index (χ1n) is 10.5. The van der Waals surface area contributed by atoms with Crippen molar-refractivity contribution in [3.63, 3.8) is 0 Å². The van der Waals surface area contributed by atoms with Gasteiger partial charge in [0.2, 0.25) is 11.9 Å². The van der Waals surface area contributed by atoms with Crippen molar-refractivity contribution in [2.24, 2.45) is 11.7 Å². The number of nitrogens with zero attached hydrogens (tertiary/aromatic N) is 5. The van der Waals surface area contributed by atoms with E-state index in [9.17, 15) is 9.18 Å². The van der Waals surface area contributed by atoms with Crippen molar-refractivity contribution in [1.29, 1.82) is 0 Å². The lowest BCUT2D eigenvalue weighted by atomic mass is 9.96. The number of hydrogen-bond donors (Lipinski definition) is 3. The van der Waals surface area contributed by atoms with E-state index < -0.39 is 0 Å². The molecule has 1 atom stereocenters. The van der Waals surface area contributed by atoms with Crippen LogP contribution in [0.25, 0.3) is 0 Å². The predicted molar refractivity (Wildman–Crippen MR) is 120 cm³/mol. The molecular weight excluding hydrogens is 411 g/mol. The van der Waals surface area contributed by atoms with Crippen LogP contribution in [0.3, 0.4) is 0 Å². The maximum atomic E-state index is 13.3. The normalized spacial score (nSPS) is 15.2. The summed E-state index contributed by atoms with van der Waals surface area (Å²) in [6.07, 6.45) is 6.15. The zero-order chi connectivity index (χ0) is 22.5. The summed E-state index contributed by atoms with van der Waals surface area (Å²) in [5.74, 6) is 1.61. The molecule has 10 heteroatoms. The Morgan fingerprint density at radius 3 is 2.56 bits per heavy atom. The van der Waals surface area contributed by atoms with Crippen molar-refractivity contribution in [3.05, 3.63) is 60.3 Å². The summed E-state index contributed by atoms with van der Waals surface area (Å²) in [4.78, 5) is 31.2. The van der Waals surface area contributed by atoms with E-state index in [0.29, 0.717) is 43.5 Å². The molecule has 4 N–H and O–H groups in total. The zero-order valence-corrected chi connectivity index (χ0v) is 17.7. The van der Waals surface area contributed by atoms with E-state index in [1.54, 1.807) is 30.7 Å². The summed E-state index contributed by atoms with van der Waals surface area (Å²) < 4.78 is 13.3. The third kappa shape index (κ3) is 5.26. The second kappa shape index (κ2) is 9.54. The second-order valence-corrected chi connectivity index (χ2v) is 7.73. The topological polar surface area (TPSA) is 122 Å². The molecule has 0 radical (unpaired) electrons. The van der Waals surface area contributed by atoms with Gasteiger partial charge in [0, 0.05) is 37.5 Å². The second-order valence-electron chi connectivity index (χ2n) is 7.73. The first kappa shape index (κ1) is 21.4. The Bertz CT molecular complexity index is 1060. The van der Waals surface area contributed by atoms with Gasteiger partial charge in [-0.25, -0.2) is 9.37 Å². The molecule has 0 unspecified atom stereocenters. The molecule has 0 bridgehead atoms. The maximum Gasteiger partial charge on any atom is 0.227 e. The Labute approximate surface area is 185 Å². The Morgan fingerprint density at radius 2 is 1.91 bits per heavy atom. The lowest BCUT2D eigenvalue weighted by Gasteiger charge is -2.31. The summed E-state index contributed by atoms with van der Waals surface area (Å²) in [6.45, 7) is 3.29. The van der Waals surface area contributed by atoms with Crippen molar-refractivity contribution in [2.45, 2.75) is 25.8 Å². The maximum absolute atomic E-state index is 13.3. The van der Waals surface area contributed by atoms with Gasteiger partial charge in [-0.1, -0.05) is 12.1 Å². The molecule has 0 spiro atoms. The Morgan fingerprint density at radius 1 is 1.16 bits per heavy atom. The quantitative estimate of drug-likeness (QED) is 0.517. The third-order valence-corrected chi connectivity index (χ3v) is 5.47. The standard InChI is InChI=1S/C22H25FN8O/c1-14(15-2-4-17(23)5-3-15)27-22-29-18(28-19-13-25-8-9-26-19)12-20(30-22)31-10-6-16(7-11-31)21(24)32/h2-5,8-9,12-14,16H,6-7,10-11H2,1H3,(H2,24,32)(H2,26,27,28,29,30)/t14-/m0/s1. The molecule has 1 saturated heterocycles. The molecular formula is C22H25FN8O. The van der Waals surface area contributed by atoms with E-state index >= 15 is 0 Å². The van der Waals surface area contributed by atoms with Gasteiger partial charge in [0.15, 0.2) is 0 Å². The van der Waals surface area contributed by atoms with Gasteiger partial charge in [0.1, 0.15) is 23.3 Å². The zero-order valence-electron chi connectivity index (χ0n) is 17.7. The Balaban J connectivity index is 1.58. The number of benzene rings is 1. The highest BCUT2D eigenvalue weighted by molar-refractivity contribution is 5.77. The van der Waals surface area contributed by atoms with Crippen molar-refractivity contribution in [2.75, 3.05) is 28.6 Å². The summed E-state index contributed by atoms with van der Waals surface area (Å²) >= 11 is 0. The van der Waals surface area contributed by atoms with Crippen LogP contribution >= 0.6 is 0 Å². The number of piperidine rings is 1. The number of hydrogen-bond acceptors (Lipinski definition) is 8. The van der Waals surface area contributed by atoms with Crippen molar-refractivity contribution >= 4 is 29.3 Å². The van der Waals surface area contributed by atoms with E-state index in [1.807, 2.05) is 13.0 Å². The third-order valence-electron chi connectivity index (χ3n) is 5.47. The van der Waals surface area contributed by atoms with Crippen LogP contribution in [-0.4, -0.2) is 38.9 Å². The number of anilines is 4.